The van der Waals surface area contributed by atoms with Crippen LogP contribution in [0.1, 0.15) is 29.8 Å². The van der Waals surface area contributed by atoms with Gasteiger partial charge in [-0.3, -0.25) is 14.9 Å². The number of benzene rings is 2. The summed E-state index contributed by atoms with van der Waals surface area (Å²) in [6.45, 7) is 5.14. The molecular weight excluding hydrogens is 358 g/mol. The molecule has 138 valence electrons. The third kappa shape index (κ3) is 5.18. The molecule has 0 saturated heterocycles. The SMILES string of the molecule is Cc1ccc(NC(=O)c2cc([N+](=O)[O-])c(NCC(C)(C)O)cc2Cl)cc1. The first-order chi connectivity index (χ1) is 12.1. The third-order valence-electron chi connectivity index (χ3n) is 3.55. The topological polar surface area (TPSA) is 104 Å². The van der Waals surface area contributed by atoms with Crippen molar-refractivity contribution < 1.29 is 14.8 Å². The van der Waals surface area contributed by atoms with Crippen molar-refractivity contribution in [1.82, 2.24) is 0 Å². The molecule has 0 aliphatic heterocycles. The second-order valence-electron chi connectivity index (χ2n) is 6.59. The Hall–Kier alpha value is -2.64. The average Bonchev–Trinajstić information content (AvgIpc) is 2.54. The number of hydrogen-bond acceptors (Lipinski definition) is 5. The normalized spacial score (nSPS) is 11.1. The number of carbonyl (C=O) groups excluding carboxylic acids is 1. The summed E-state index contributed by atoms with van der Waals surface area (Å²) in [5, 5.41) is 26.7. The van der Waals surface area contributed by atoms with Gasteiger partial charge in [0.2, 0.25) is 0 Å². The molecule has 2 rings (SSSR count). The van der Waals surface area contributed by atoms with Crippen molar-refractivity contribution in [2.45, 2.75) is 26.4 Å². The summed E-state index contributed by atoms with van der Waals surface area (Å²) in [5.41, 5.74) is 0.360. The van der Waals surface area contributed by atoms with Gasteiger partial charge >= 0.3 is 0 Å². The first-order valence-corrected chi connectivity index (χ1v) is 8.27. The summed E-state index contributed by atoms with van der Waals surface area (Å²) in [6.07, 6.45) is 0. The predicted molar refractivity (Wildman–Crippen MR) is 102 cm³/mol. The number of nitrogens with one attached hydrogen (secondary N) is 2. The van der Waals surface area contributed by atoms with Gasteiger partial charge in [0.1, 0.15) is 5.69 Å². The largest absolute Gasteiger partial charge is 0.389 e. The number of carbonyl (C=O) groups is 1. The monoisotopic (exact) mass is 377 g/mol. The molecule has 0 unspecified atom stereocenters. The van der Waals surface area contributed by atoms with Gasteiger partial charge in [0.15, 0.2) is 0 Å². The standard InChI is InChI=1S/C18H20ClN3O4/c1-11-4-6-12(7-5-11)21-17(23)13-8-16(22(25)26)15(9-14(13)19)20-10-18(2,3)24/h4-9,20,24H,10H2,1-3H3,(H,21,23). The molecule has 2 aromatic rings. The van der Waals surface area contributed by atoms with Gasteiger partial charge in [-0.1, -0.05) is 29.3 Å². The zero-order valence-electron chi connectivity index (χ0n) is 14.7. The molecule has 0 aliphatic carbocycles. The molecule has 0 aromatic heterocycles. The lowest BCUT2D eigenvalue weighted by molar-refractivity contribution is -0.384. The number of aryl methyl sites for hydroxylation is 1. The van der Waals surface area contributed by atoms with Crippen LogP contribution >= 0.6 is 11.6 Å². The molecule has 0 saturated carbocycles. The Morgan fingerprint density at radius 2 is 1.88 bits per heavy atom. The minimum absolute atomic E-state index is 0.00671. The Morgan fingerprint density at radius 3 is 2.42 bits per heavy atom. The molecule has 8 heteroatoms. The van der Waals surface area contributed by atoms with Crippen LogP contribution in [0.25, 0.3) is 0 Å². The summed E-state index contributed by atoms with van der Waals surface area (Å²) in [5.74, 6) is -0.545. The third-order valence-corrected chi connectivity index (χ3v) is 3.86. The van der Waals surface area contributed by atoms with E-state index >= 15 is 0 Å². The van der Waals surface area contributed by atoms with E-state index in [9.17, 15) is 20.0 Å². The molecule has 0 atom stereocenters. The van der Waals surface area contributed by atoms with Crippen molar-refractivity contribution in [2.75, 3.05) is 17.2 Å². The van der Waals surface area contributed by atoms with E-state index in [4.69, 9.17) is 11.6 Å². The fourth-order valence-corrected chi connectivity index (χ4v) is 2.42. The molecule has 0 aliphatic rings. The minimum atomic E-state index is -1.07. The molecule has 3 N–H and O–H groups in total. The highest BCUT2D eigenvalue weighted by Crippen LogP contribution is 2.32. The zero-order chi connectivity index (χ0) is 19.5. The molecule has 7 nitrogen and oxygen atoms in total. The van der Waals surface area contributed by atoms with Crippen LogP contribution in [0.5, 0.6) is 0 Å². The Labute approximate surface area is 156 Å². The Morgan fingerprint density at radius 1 is 1.27 bits per heavy atom. The van der Waals surface area contributed by atoms with E-state index in [0.717, 1.165) is 11.6 Å². The number of nitro groups is 1. The first kappa shape index (κ1) is 19.7. The van der Waals surface area contributed by atoms with Gasteiger partial charge in [-0.25, -0.2) is 0 Å². The van der Waals surface area contributed by atoms with Crippen LogP contribution < -0.4 is 10.6 Å². The quantitative estimate of drug-likeness (QED) is 0.521. The van der Waals surface area contributed by atoms with Gasteiger partial charge in [0.25, 0.3) is 11.6 Å². The molecule has 0 bridgehead atoms. The number of rotatable bonds is 6. The fraction of sp³-hybridized carbons (Fsp3) is 0.278. The van der Waals surface area contributed by atoms with Gasteiger partial charge in [-0.15, -0.1) is 0 Å². The number of aliphatic hydroxyl groups is 1. The fourth-order valence-electron chi connectivity index (χ4n) is 2.18. The van der Waals surface area contributed by atoms with Crippen molar-refractivity contribution in [3.8, 4) is 0 Å². The number of nitro benzene ring substituents is 1. The van der Waals surface area contributed by atoms with E-state index in [1.165, 1.54) is 6.07 Å². The van der Waals surface area contributed by atoms with Crippen molar-refractivity contribution in [1.29, 1.82) is 0 Å². The highest BCUT2D eigenvalue weighted by molar-refractivity contribution is 6.35. The van der Waals surface area contributed by atoms with Crippen LogP contribution in [0.2, 0.25) is 5.02 Å². The molecule has 0 spiro atoms. The van der Waals surface area contributed by atoms with E-state index in [1.807, 2.05) is 19.1 Å². The number of nitrogens with zero attached hydrogens (tertiary/aromatic N) is 1. The summed E-state index contributed by atoms with van der Waals surface area (Å²) in [4.78, 5) is 23.2. The smallest absolute Gasteiger partial charge is 0.293 e. The van der Waals surface area contributed by atoms with Crippen molar-refractivity contribution in [3.63, 3.8) is 0 Å². The van der Waals surface area contributed by atoms with Crippen LogP contribution in [-0.4, -0.2) is 28.1 Å². The molecule has 0 fully saturated rings. The summed E-state index contributed by atoms with van der Waals surface area (Å²) < 4.78 is 0. The van der Waals surface area contributed by atoms with E-state index in [-0.39, 0.29) is 28.5 Å². The number of amides is 1. The van der Waals surface area contributed by atoms with E-state index in [1.54, 1.807) is 26.0 Å². The number of hydrogen-bond donors (Lipinski definition) is 3. The maximum atomic E-state index is 12.4. The molecule has 0 radical (unpaired) electrons. The van der Waals surface area contributed by atoms with Crippen LogP contribution in [0, 0.1) is 17.0 Å². The van der Waals surface area contributed by atoms with Gasteiger partial charge in [0.05, 0.1) is 21.1 Å². The maximum absolute atomic E-state index is 12.4. The van der Waals surface area contributed by atoms with E-state index < -0.39 is 16.4 Å². The van der Waals surface area contributed by atoms with E-state index in [0.29, 0.717) is 5.69 Å². The Bertz CT molecular complexity index is 830. The summed E-state index contributed by atoms with van der Waals surface area (Å²) in [7, 11) is 0. The van der Waals surface area contributed by atoms with Gasteiger partial charge < -0.3 is 15.7 Å². The zero-order valence-corrected chi connectivity index (χ0v) is 15.4. The Balaban J connectivity index is 2.31. The lowest BCUT2D eigenvalue weighted by Crippen LogP contribution is -2.29. The van der Waals surface area contributed by atoms with Crippen LogP contribution in [0.4, 0.5) is 17.1 Å². The summed E-state index contributed by atoms with van der Waals surface area (Å²) in [6, 6.07) is 9.57. The van der Waals surface area contributed by atoms with Crippen molar-refractivity contribution in [2.24, 2.45) is 0 Å². The van der Waals surface area contributed by atoms with Crippen molar-refractivity contribution in [3.05, 3.63) is 62.7 Å². The highest BCUT2D eigenvalue weighted by atomic mass is 35.5. The molecule has 26 heavy (non-hydrogen) atoms. The van der Waals surface area contributed by atoms with Gasteiger partial charge in [-0.2, -0.15) is 0 Å². The maximum Gasteiger partial charge on any atom is 0.293 e. The van der Waals surface area contributed by atoms with E-state index in [2.05, 4.69) is 10.6 Å². The summed E-state index contributed by atoms with van der Waals surface area (Å²) >= 11 is 6.16. The number of halogens is 1. The lowest BCUT2D eigenvalue weighted by Gasteiger charge is -2.19. The average molecular weight is 378 g/mol. The molecular formula is C18H20ClN3O4. The molecule has 1 amide bonds. The van der Waals surface area contributed by atoms with Crippen molar-refractivity contribution >= 4 is 34.6 Å². The molecule has 0 heterocycles. The predicted octanol–water partition coefficient (Wildman–Crippen LogP) is 3.99. The van der Waals surface area contributed by atoms with Crippen LogP contribution in [0.15, 0.2) is 36.4 Å². The van der Waals surface area contributed by atoms with Gasteiger partial charge in [-0.05, 0) is 39.0 Å². The van der Waals surface area contributed by atoms with Gasteiger partial charge in [0, 0.05) is 18.3 Å². The second-order valence-corrected chi connectivity index (χ2v) is 7.00. The Kier molecular flexibility index (Phi) is 5.84. The molecule has 2 aromatic carbocycles. The minimum Gasteiger partial charge on any atom is -0.389 e. The lowest BCUT2D eigenvalue weighted by atomic mass is 10.1. The number of anilines is 2. The first-order valence-electron chi connectivity index (χ1n) is 7.89. The highest BCUT2D eigenvalue weighted by Gasteiger charge is 2.23. The van der Waals surface area contributed by atoms with Crippen LogP contribution in [-0.2, 0) is 0 Å². The van der Waals surface area contributed by atoms with Crippen LogP contribution in [0.3, 0.4) is 0 Å². The second kappa shape index (κ2) is 7.72.